The maximum Gasteiger partial charge on any atom is 0.416 e. The molecule has 0 aromatic heterocycles. The molecule has 34 heavy (non-hydrogen) atoms. The molecule has 9 heteroatoms. The van der Waals surface area contributed by atoms with Crippen molar-refractivity contribution in [2.45, 2.75) is 58.0 Å². The van der Waals surface area contributed by atoms with Crippen LogP contribution in [0, 0.1) is 10.8 Å². The van der Waals surface area contributed by atoms with Crippen LogP contribution in [-0.2, 0) is 18.9 Å². The Morgan fingerprint density at radius 1 is 1.09 bits per heavy atom. The summed E-state index contributed by atoms with van der Waals surface area (Å²) in [5.74, 6) is 0. The van der Waals surface area contributed by atoms with Gasteiger partial charge in [-0.3, -0.25) is 0 Å². The second kappa shape index (κ2) is 7.75. The number of fused-ring (bicyclic) bond motifs is 2. The molecule has 1 aromatic carbocycles. The first kappa shape index (κ1) is 23.7. The first-order chi connectivity index (χ1) is 15.8. The molecular formula is C25H29F6N3. The van der Waals surface area contributed by atoms with Crippen LogP contribution in [0.3, 0.4) is 0 Å². The van der Waals surface area contributed by atoms with E-state index >= 15 is 0 Å². The second-order valence-electron chi connectivity index (χ2n) is 10.6. The molecule has 0 amide bonds. The molecule has 0 spiro atoms. The number of hydrogen-bond acceptors (Lipinski definition) is 3. The van der Waals surface area contributed by atoms with Gasteiger partial charge in [-0.2, -0.15) is 26.3 Å². The largest absolute Gasteiger partial charge is 0.416 e. The number of nitrogens with zero attached hydrogens (tertiary/aromatic N) is 1. The Balaban J connectivity index is 1.46. The Morgan fingerprint density at radius 2 is 1.85 bits per heavy atom. The van der Waals surface area contributed by atoms with E-state index in [-0.39, 0.29) is 29.0 Å². The number of benzene rings is 1. The van der Waals surface area contributed by atoms with Crippen LogP contribution < -0.4 is 10.6 Å². The zero-order valence-electron chi connectivity index (χ0n) is 19.3. The number of hydrogen-bond donors (Lipinski definition) is 2. The highest BCUT2D eigenvalue weighted by Gasteiger charge is 2.57. The van der Waals surface area contributed by atoms with Gasteiger partial charge in [0.25, 0.3) is 0 Å². The molecule has 0 saturated carbocycles. The number of piperidine rings is 1. The van der Waals surface area contributed by atoms with Crippen molar-refractivity contribution in [3.05, 3.63) is 57.8 Å². The highest BCUT2D eigenvalue weighted by molar-refractivity contribution is 5.49. The standard InChI is InChI=1S/C25H29F6N3/c1-22-12-32-13-23(22,2)20-10-18(9-15-4-3-7-34(14-22)21(15)20)33-11-16-8-17(24(26,27)28)5-6-19(16)25(29,30)31/h5-6,8,10,18,32-33H,3-4,7,9,11-14H2,1-2H3/t18?,22-,23?/m1/s1. The SMILES string of the molecule is CC12CNC[C@]1(C)CN1CCCC3=C1C2=CC(NCc1cc(C(F)(F)F)ccc1C(F)(F)F)C3. The van der Waals surface area contributed by atoms with Crippen molar-refractivity contribution in [3.8, 4) is 0 Å². The molecule has 2 N–H and O–H groups in total. The van der Waals surface area contributed by atoms with Crippen LogP contribution >= 0.6 is 0 Å². The predicted molar refractivity (Wildman–Crippen MR) is 117 cm³/mol. The van der Waals surface area contributed by atoms with Crippen molar-refractivity contribution in [2.75, 3.05) is 26.2 Å². The number of nitrogens with one attached hydrogen (secondary N) is 2. The summed E-state index contributed by atoms with van der Waals surface area (Å²) in [6.07, 6.45) is -4.66. The maximum atomic E-state index is 13.5. The maximum absolute atomic E-state index is 13.5. The van der Waals surface area contributed by atoms with Crippen LogP contribution in [-0.4, -0.2) is 37.1 Å². The summed E-state index contributed by atoms with van der Waals surface area (Å²) in [6.45, 7) is 7.96. The van der Waals surface area contributed by atoms with Gasteiger partial charge in [0.05, 0.1) is 11.1 Å². The second-order valence-corrected chi connectivity index (χ2v) is 10.6. The van der Waals surface area contributed by atoms with Crippen LogP contribution in [0.4, 0.5) is 26.3 Å². The summed E-state index contributed by atoms with van der Waals surface area (Å²) >= 11 is 0. The van der Waals surface area contributed by atoms with Gasteiger partial charge in [-0.15, -0.1) is 0 Å². The first-order valence-corrected chi connectivity index (χ1v) is 11.7. The van der Waals surface area contributed by atoms with Gasteiger partial charge in [0.15, 0.2) is 0 Å². The minimum atomic E-state index is -4.72. The zero-order chi connectivity index (χ0) is 24.5. The molecule has 2 saturated heterocycles. The van der Waals surface area contributed by atoms with Gasteiger partial charge in [0.2, 0.25) is 0 Å². The molecule has 0 radical (unpaired) electrons. The minimum absolute atomic E-state index is 0.0389. The molecule has 1 aromatic rings. The van der Waals surface area contributed by atoms with Crippen molar-refractivity contribution in [3.63, 3.8) is 0 Å². The van der Waals surface area contributed by atoms with Crippen molar-refractivity contribution in [2.24, 2.45) is 10.8 Å². The highest BCUT2D eigenvalue weighted by Crippen LogP contribution is 2.57. The van der Waals surface area contributed by atoms with Gasteiger partial charge in [-0.05, 0) is 54.2 Å². The van der Waals surface area contributed by atoms with Crippen LogP contribution in [0.25, 0.3) is 0 Å². The van der Waals surface area contributed by atoms with Gasteiger partial charge in [-0.1, -0.05) is 19.9 Å². The third-order valence-corrected chi connectivity index (χ3v) is 8.40. The highest BCUT2D eigenvalue weighted by atomic mass is 19.4. The Bertz CT molecular complexity index is 1060. The van der Waals surface area contributed by atoms with Gasteiger partial charge in [0, 0.05) is 55.3 Å². The summed E-state index contributed by atoms with van der Waals surface area (Å²) in [4.78, 5) is 2.46. The zero-order valence-corrected chi connectivity index (χ0v) is 19.3. The van der Waals surface area contributed by atoms with Gasteiger partial charge < -0.3 is 15.5 Å². The Kier molecular flexibility index (Phi) is 5.41. The summed E-state index contributed by atoms with van der Waals surface area (Å²) in [5.41, 5.74) is 1.28. The molecule has 2 unspecified atom stereocenters. The average Bonchev–Trinajstić information content (AvgIpc) is 3.06. The van der Waals surface area contributed by atoms with E-state index < -0.39 is 23.5 Å². The quantitative estimate of drug-likeness (QED) is 0.555. The third kappa shape index (κ3) is 3.75. The lowest BCUT2D eigenvalue weighted by Crippen LogP contribution is -2.55. The Hall–Kier alpha value is -2.00. The van der Waals surface area contributed by atoms with Crippen molar-refractivity contribution in [1.82, 2.24) is 15.5 Å². The normalized spacial score (nSPS) is 31.4. The fourth-order valence-corrected chi connectivity index (χ4v) is 6.34. The predicted octanol–water partition coefficient (Wildman–Crippen LogP) is 5.49. The molecule has 186 valence electrons. The lowest BCUT2D eigenvalue weighted by molar-refractivity contribution is -0.141. The van der Waals surface area contributed by atoms with Crippen LogP contribution in [0.1, 0.15) is 49.8 Å². The first-order valence-electron chi connectivity index (χ1n) is 11.7. The van der Waals surface area contributed by atoms with E-state index in [4.69, 9.17) is 0 Å². The van der Waals surface area contributed by atoms with E-state index in [0.717, 1.165) is 39.0 Å². The van der Waals surface area contributed by atoms with Crippen LogP contribution in [0.5, 0.6) is 0 Å². The van der Waals surface area contributed by atoms with E-state index in [2.05, 4.69) is 35.5 Å². The number of halogens is 6. The van der Waals surface area contributed by atoms with Crippen LogP contribution in [0.2, 0.25) is 0 Å². The van der Waals surface area contributed by atoms with E-state index in [0.29, 0.717) is 24.6 Å². The van der Waals surface area contributed by atoms with E-state index in [9.17, 15) is 26.3 Å². The molecule has 3 atom stereocenters. The monoisotopic (exact) mass is 485 g/mol. The molecule has 2 fully saturated rings. The number of alkyl halides is 6. The van der Waals surface area contributed by atoms with Crippen molar-refractivity contribution < 1.29 is 26.3 Å². The van der Waals surface area contributed by atoms with Crippen molar-refractivity contribution >= 4 is 0 Å². The van der Waals surface area contributed by atoms with Crippen molar-refractivity contribution in [1.29, 1.82) is 0 Å². The molecule has 1 aliphatic carbocycles. The smallest absolute Gasteiger partial charge is 0.371 e. The molecule has 0 bridgehead atoms. The minimum Gasteiger partial charge on any atom is -0.371 e. The summed E-state index contributed by atoms with van der Waals surface area (Å²) in [6, 6.07) is 1.43. The summed E-state index contributed by atoms with van der Waals surface area (Å²) < 4.78 is 80.2. The number of rotatable bonds is 3. The molecule has 3 nitrogen and oxygen atoms in total. The topological polar surface area (TPSA) is 27.3 Å². The molecule has 3 aliphatic heterocycles. The Labute approximate surface area is 195 Å². The Morgan fingerprint density at radius 3 is 2.56 bits per heavy atom. The molecular weight excluding hydrogens is 456 g/mol. The number of allylic oxidation sites excluding steroid dienone is 1. The van der Waals surface area contributed by atoms with Gasteiger partial charge in [-0.25, -0.2) is 0 Å². The summed E-state index contributed by atoms with van der Waals surface area (Å²) in [7, 11) is 0. The lowest BCUT2D eigenvalue weighted by Gasteiger charge is -2.56. The van der Waals surface area contributed by atoms with E-state index in [1.807, 2.05) is 0 Å². The van der Waals surface area contributed by atoms with E-state index in [1.165, 1.54) is 16.8 Å². The molecule has 3 heterocycles. The van der Waals surface area contributed by atoms with E-state index in [1.54, 1.807) is 0 Å². The fourth-order valence-electron chi connectivity index (χ4n) is 6.34. The molecule has 4 aliphatic rings. The summed E-state index contributed by atoms with van der Waals surface area (Å²) in [5, 5.41) is 6.69. The lowest BCUT2D eigenvalue weighted by atomic mass is 9.58. The van der Waals surface area contributed by atoms with Gasteiger partial charge >= 0.3 is 12.4 Å². The average molecular weight is 486 g/mol. The van der Waals surface area contributed by atoms with Crippen LogP contribution in [0.15, 0.2) is 41.1 Å². The third-order valence-electron chi connectivity index (χ3n) is 8.40. The fraction of sp³-hybridized carbons (Fsp3) is 0.600. The van der Waals surface area contributed by atoms with Gasteiger partial charge in [0.1, 0.15) is 0 Å². The molecule has 5 rings (SSSR count).